The Balaban J connectivity index is 1.68. The molecule has 7 heteroatoms. The Bertz CT molecular complexity index is 839. The monoisotopic (exact) mass is 311 g/mol. The molecular weight excluding hydrogens is 290 g/mol. The van der Waals surface area contributed by atoms with Crippen molar-refractivity contribution in [1.29, 1.82) is 0 Å². The molecule has 4 rings (SSSR count). The van der Waals surface area contributed by atoms with E-state index in [1.165, 1.54) is 0 Å². The second kappa shape index (κ2) is 5.27. The van der Waals surface area contributed by atoms with E-state index in [0.717, 1.165) is 60.4 Å². The van der Waals surface area contributed by atoms with E-state index < -0.39 is 0 Å². The molecule has 3 aromatic rings. The maximum absolute atomic E-state index is 5.86. The number of aryl methyl sites for hydroxylation is 1. The average Bonchev–Trinajstić information content (AvgIpc) is 3.09. The van der Waals surface area contributed by atoms with Crippen LogP contribution in [0.3, 0.4) is 0 Å². The van der Waals surface area contributed by atoms with Crippen molar-refractivity contribution in [2.45, 2.75) is 0 Å². The molecule has 120 valence electrons. The van der Waals surface area contributed by atoms with E-state index in [1.807, 2.05) is 23.9 Å². The third-order valence-electron chi connectivity index (χ3n) is 4.43. The molecule has 3 aromatic heterocycles. The van der Waals surface area contributed by atoms with E-state index >= 15 is 0 Å². The first-order valence-electron chi connectivity index (χ1n) is 7.82. The molecule has 0 bridgehead atoms. The molecule has 4 heterocycles. The van der Waals surface area contributed by atoms with Gasteiger partial charge in [0.25, 0.3) is 0 Å². The fourth-order valence-corrected chi connectivity index (χ4v) is 3.04. The molecule has 1 saturated heterocycles. The number of imidazole rings is 1. The van der Waals surface area contributed by atoms with Gasteiger partial charge in [0, 0.05) is 39.4 Å². The first kappa shape index (κ1) is 14.1. The Labute approximate surface area is 134 Å². The van der Waals surface area contributed by atoms with E-state index in [-0.39, 0.29) is 0 Å². The number of nitrogen functional groups attached to an aromatic ring is 1. The minimum atomic E-state index is 0.731. The molecule has 0 amide bonds. The summed E-state index contributed by atoms with van der Waals surface area (Å²) in [5.74, 6) is 1.79. The van der Waals surface area contributed by atoms with Crippen molar-refractivity contribution in [3.05, 3.63) is 24.4 Å². The largest absolute Gasteiger partial charge is 0.397 e. The number of hydrogen-bond acceptors (Lipinski definition) is 5. The van der Waals surface area contributed by atoms with E-state index in [1.54, 1.807) is 0 Å². The lowest BCUT2D eigenvalue weighted by Gasteiger charge is -2.33. The Kier molecular flexibility index (Phi) is 3.23. The van der Waals surface area contributed by atoms with Crippen LogP contribution in [0.1, 0.15) is 0 Å². The molecule has 0 aliphatic carbocycles. The standard InChI is InChI=1S/C16H21N7/c1-21-5-7-23(8-6-21)14-4-3-12-15(19-14)20-16(18-12)13-9-11(17)10-22(13)2/h3-4,9-10H,5-8,17H2,1-2H3,(H,18,19,20). The van der Waals surface area contributed by atoms with Gasteiger partial charge in [-0.3, -0.25) is 0 Å². The third-order valence-corrected chi connectivity index (χ3v) is 4.43. The van der Waals surface area contributed by atoms with Gasteiger partial charge in [-0.15, -0.1) is 0 Å². The number of fused-ring (bicyclic) bond motifs is 1. The predicted molar refractivity (Wildman–Crippen MR) is 92.4 cm³/mol. The highest BCUT2D eigenvalue weighted by atomic mass is 15.3. The predicted octanol–water partition coefficient (Wildman–Crippen LogP) is 1.30. The van der Waals surface area contributed by atoms with Crippen LogP contribution in [0.2, 0.25) is 0 Å². The molecular formula is C16H21N7. The number of pyridine rings is 1. The zero-order chi connectivity index (χ0) is 16.0. The number of nitrogens with zero attached hydrogens (tertiary/aromatic N) is 5. The molecule has 1 fully saturated rings. The third kappa shape index (κ3) is 2.53. The summed E-state index contributed by atoms with van der Waals surface area (Å²) in [6.07, 6.45) is 1.88. The highest BCUT2D eigenvalue weighted by Crippen LogP contribution is 2.24. The second-order valence-electron chi connectivity index (χ2n) is 6.19. The molecule has 23 heavy (non-hydrogen) atoms. The van der Waals surface area contributed by atoms with Gasteiger partial charge in [0.1, 0.15) is 5.82 Å². The van der Waals surface area contributed by atoms with Crippen molar-refractivity contribution in [2.75, 3.05) is 43.9 Å². The van der Waals surface area contributed by atoms with E-state index in [2.05, 4.69) is 38.9 Å². The molecule has 3 N–H and O–H groups in total. The molecule has 0 aromatic carbocycles. The summed E-state index contributed by atoms with van der Waals surface area (Å²) in [5.41, 5.74) is 9.23. The van der Waals surface area contributed by atoms with Crippen molar-refractivity contribution in [1.82, 2.24) is 24.4 Å². The van der Waals surface area contributed by atoms with Gasteiger partial charge in [-0.05, 0) is 25.2 Å². The number of hydrogen-bond donors (Lipinski definition) is 2. The van der Waals surface area contributed by atoms with Crippen LogP contribution in [-0.2, 0) is 7.05 Å². The SMILES string of the molecule is CN1CCN(c2ccc3[nH]c(-c4cc(N)cn4C)nc3n2)CC1. The Morgan fingerprint density at radius 3 is 2.57 bits per heavy atom. The normalized spacial score (nSPS) is 16.3. The number of piperazine rings is 1. The molecule has 0 saturated carbocycles. The van der Waals surface area contributed by atoms with Crippen LogP contribution in [-0.4, -0.2) is 57.6 Å². The lowest BCUT2D eigenvalue weighted by Crippen LogP contribution is -2.44. The summed E-state index contributed by atoms with van der Waals surface area (Å²) >= 11 is 0. The lowest BCUT2D eigenvalue weighted by molar-refractivity contribution is 0.312. The Hall–Kier alpha value is -2.54. The number of H-pyrrole nitrogens is 1. The van der Waals surface area contributed by atoms with Crippen LogP contribution in [0, 0.1) is 0 Å². The summed E-state index contributed by atoms with van der Waals surface area (Å²) < 4.78 is 1.97. The topological polar surface area (TPSA) is 79.0 Å². The van der Waals surface area contributed by atoms with Crippen molar-refractivity contribution in [3.63, 3.8) is 0 Å². The molecule has 0 radical (unpaired) electrons. The minimum absolute atomic E-state index is 0.731. The van der Waals surface area contributed by atoms with Crippen LogP contribution >= 0.6 is 0 Å². The first-order chi connectivity index (χ1) is 11.1. The number of nitrogens with two attached hydrogens (primary N) is 1. The quantitative estimate of drug-likeness (QED) is 0.746. The molecule has 7 nitrogen and oxygen atoms in total. The zero-order valence-corrected chi connectivity index (χ0v) is 13.5. The summed E-state index contributed by atoms with van der Waals surface area (Å²) in [7, 11) is 4.11. The number of rotatable bonds is 2. The fraction of sp³-hybridized carbons (Fsp3) is 0.375. The molecule has 1 aliphatic rings. The first-order valence-corrected chi connectivity index (χ1v) is 7.82. The van der Waals surface area contributed by atoms with Gasteiger partial charge < -0.3 is 25.1 Å². The van der Waals surface area contributed by atoms with Crippen LogP contribution in [0.5, 0.6) is 0 Å². The van der Waals surface area contributed by atoms with Crippen molar-refractivity contribution >= 4 is 22.7 Å². The average molecular weight is 311 g/mol. The highest BCUT2D eigenvalue weighted by Gasteiger charge is 2.17. The lowest BCUT2D eigenvalue weighted by atomic mass is 10.3. The number of anilines is 2. The number of aromatic amines is 1. The Morgan fingerprint density at radius 2 is 1.87 bits per heavy atom. The van der Waals surface area contributed by atoms with Crippen LogP contribution < -0.4 is 10.6 Å². The maximum Gasteiger partial charge on any atom is 0.180 e. The minimum Gasteiger partial charge on any atom is -0.397 e. The van der Waals surface area contributed by atoms with Crippen LogP contribution in [0.4, 0.5) is 11.5 Å². The van der Waals surface area contributed by atoms with Gasteiger partial charge in [0.2, 0.25) is 0 Å². The molecule has 1 aliphatic heterocycles. The summed E-state index contributed by atoms with van der Waals surface area (Å²) in [6, 6.07) is 6.03. The van der Waals surface area contributed by atoms with Gasteiger partial charge in [0.15, 0.2) is 11.5 Å². The van der Waals surface area contributed by atoms with E-state index in [0.29, 0.717) is 0 Å². The summed E-state index contributed by atoms with van der Waals surface area (Å²) in [4.78, 5) is 17.4. The van der Waals surface area contributed by atoms with Crippen LogP contribution in [0.25, 0.3) is 22.7 Å². The van der Waals surface area contributed by atoms with Crippen LogP contribution in [0.15, 0.2) is 24.4 Å². The zero-order valence-electron chi connectivity index (χ0n) is 13.5. The number of nitrogens with one attached hydrogen (secondary N) is 1. The Morgan fingerprint density at radius 1 is 1.09 bits per heavy atom. The highest BCUT2D eigenvalue weighted by molar-refractivity contribution is 5.77. The van der Waals surface area contributed by atoms with Gasteiger partial charge in [-0.1, -0.05) is 0 Å². The molecule has 0 unspecified atom stereocenters. The summed E-state index contributed by atoms with van der Waals surface area (Å²) in [6.45, 7) is 4.13. The summed E-state index contributed by atoms with van der Waals surface area (Å²) in [5, 5.41) is 0. The van der Waals surface area contributed by atoms with Crippen molar-refractivity contribution < 1.29 is 0 Å². The smallest absolute Gasteiger partial charge is 0.180 e. The van der Waals surface area contributed by atoms with Gasteiger partial charge >= 0.3 is 0 Å². The van der Waals surface area contributed by atoms with Gasteiger partial charge in [-0.25, -0.2) is 9.97 Å². The van der Waals surface area contributed by atoms with Gasteiger partial charge in [-0.2, -0.15) is 0 Å². The van der Waals surface area contributed by atoms with E-state index in [9.17, 15) is 0 Å². The second-order valence-corrected chi connectivity index (χ2v) is 6.19. The molecule has 0 atom stereocenters. The molecule has 0 spiro atoms. The van der Waals surface area contributed by atoms with Crippen molar-refractivity contribution in [3.8, 4) is 11.5 Å². The maximum atomic E-state index is 5.86. The van der Waals surface area contributed by atoms with Crippen molar-refractivity contribution in [2.24, 2.45) is 7.05 Å². The number of aromatic nitrogens is 4. The van der Waals surface area contributed by atoms with E-state index in [4.69, 9.17) is 10.7 Å². The number of likely N-dealkylation sites (N-methyl/N-ethyl adjacent to an activating group) is 1. The van der Waals surface area contributed by atoms with Gasteiger partial charge in [0.05, 0.1) is 16.9 Å². The fourth-order valence-electron chi connectivity index (χ4n) is 3.04.